The van der Waals surface area contributed by atoms with Crippen molar-refractivity contribution in [2.45, 2.75) is 6.18 Å². The Labute approximate surface area is 119 Å². The molecule has 1 heterocycles. The fourth-order valence-corrected chi connectivity index (χ4v) is 1.81. The highest BCUT2D eigenvalue weighted by Crippen LogP contribution is 2.30. The first-order valence-corrected chi connectivity index (χ1v) is 6.05. The molecule has 0 saturated heterocycles. The van der Waals surface area contributed by atoms with E-state index in [4.69, 9.17) is 11.6 Å². The van der Waals surface area contributed by atoms with Crippen LogP contribution in [0.4, 0.5) is 18.9 Å². The topological polar surface area (TPSA) is 29.0 Å². The van der Waals surface area contributed by atoms with Crippen molar-refractivity contribution < 1.29 is 13.2 Å². The minimum absolute atomic E-state index is 0.141. The number of aromatic nitrogens is 2. The minimum Gasteiger partial charge on any atom is -0.378 e. The van der Waals surface area contributed by atoms with E-state index in [1.807, 2.05) is 19.0 Å². The molecule has 1 aromatic carbocycles. The monoisotopic (exact) mass is 301 g/mol. The van der Waals surface area contributed by atoms with E-state index in [9.17, 15) is 13.2 Å². The fraction of sp³-hybridized carbons (Fsp3) is 0.231. The minimum atomic E-state index is -4.62. The largest absolute Gasteiger partial charge is 0.451 e. The lowest BCUT2D eigenvalue weighted by molar-refractivity contribution is -0.144. The molecule has 2 aromatic rings. The van der Waals surface area contributed by atoms with Crippen LogP contribution in [0.5, 0.6) is 0 Å². The van der Waals surface area contributed by atoms with Gasteiger partial charge in [0.1, 0.15) is 5.15 Å². The Morgan fingerprint density at radius 1 is 1.05 bits per heavy atom. The van der Waals surface area contributed by atoms with Crippen molar-refractivity contribution in [1.29, 1.82) is 0 Å². The van der Waals surface area contributed by atoms with Crippen molar-refractivity contribution in [2.24, 2.45) is 0 Å². The van der Waals surface area contributed by atoms with E-state index in [1.54, 1.807) is 24.3 Å². The van der Waals surface area contributed by atoms with E-state index in [0.29, 0.717) is 5.56 Å². The van der Waals surface area contributed by atoms with Crippen LogP contribution in [0.2, 0.25) is 5.15 Å². The van der Waals surface area contributed by atoms with Gasteiger partial charge in [-0.2, -0.15) is 13.2 Å². The Hall–Kier alpha value is -1.82. The fourth-order valence-electron chi connectivity index (χ4n) is 1.62. The Kier molecular flexibility index (Phi) is 3.85. The molecule has 0 fully saturated rings. The molecule has 0 radical (unpaired) electrons. The van der Waals surface area contributed by atoms with Crippen LogP contribution in [0.15, 0.2) is 30.3 Å². The van der Waals surface area contributed by atoms with Crippen molar-refractivity contribution in [3.05, 3.63) is 41.3 Å². The van der Waals surface area contributed by atoms with Gasteiger partial charge in [-0.15, -0.1) is 0 Å². The van der Waals surface area contributed by atoms with Gasteiger partial charge in [0.25, 0.3) is 0 Å². The summed E-state index contributed by atoms with van der Waals surface area (Å²) in [6.07, 6.45) is -4.62. The Morgan fingerprint density at radius 2 is 1.65 bits per heavy atom. The summed E-state index contributed by atoms with van der Waals surface area (Å²) in [4.78, 5) is 8.60. The van der Waals surface area contributed by atoms with Crippen molar-refractivity contribution in [3.8, 4) is 11.3 Å². The summed E-state index contributed by atoms with van der Waals surface area (Å²) in [5.74, 6) is -1.24. The number of hydrogen-bond acceptors (Lipinski definition) is 3. The van der Waals surface area contributed by atoms with Crippen molar-refractivity contribution in [2.75, 3.05) is 19.0 Å². The number of rotatable bonds is 2. The maximum atomic E-state index is 12.6. The van der Waals surface area contributed by atoms with Gasteiger partial charge >= 0.3 is 6.18 Å². The lowest BCUT2D eigenvalue weighted by atomic mass is 10.1. The second kappa shape index (κ2) is 5.28. The highest BCUT2D eigenvalue weighted by molar-refractivity contribution is 6.29. The zero-order valence-electron chi connectivity index (χ0n) is 10.7. The average molecular weight is 302 g/mol. The van der Waals surface area contributed by atoms with Gasteiger partial charge < -0.3 is 4.90 Å². The van der Waals surface area contributed by atoms with Crippen molar-refractivity contribution in [1.82, 2.24) is 9.97 Å². The molecule has 0 atom stereocenters. The molecule has 2 rings (SSSR count). The van der Waals surface area contributed by atoms with E-state index in [1.165, 1.54) is 6.07 Å². The summed E-state index contributed by atoms with van der Waals surface area (Å²) >= 11 is 5.63. The predicted molar refractivity (Wildman–Crippen MR) is 71.8 cm³/mol. The number of benzene rings is 1. The molecule has 0 saturated carbocycles. The number of anilines is 1. The second-order valence-electron chi connectivity index (χ2n) is 4.34. The van der Waals surface area contributed by atoms with E-state index >= 15 is 0 Å². The van der Waals surface area contributed by atoms with Crippen LogP contribution in [0.25, 0.3) is 11.3 Å². The van der Waals surface area contributed by atoms with Crippen molar-refractivity contribution in [3.63, 3.8) is 0 Å². The lowest BCUT2D eigenvalue weighted by Crippen LogP contribution is -2.11. The molecule has 0 amide bonds. The van der Waals surface area contributed by atoms with Crippen LogP contribution in [-0.4, -0.2) is 24.1 Å². The van der Waals surface area contributed by atoms with Gasteiger partial charge in [0, 0.05) is 31.4 Å². The molecule has 0 aliphatic carbocycles. The summed E-state index contributed by atoms with van der Waals surface area (Å²) in [7, 11) is 3.75. The van der Waals surface area contributed by atoms with Crippen LogP contribution in [0.1, 0.15) is 5.82 Å². The smallest absolute Gasteiger partial charge is 0.378 e. The number of halogens is 4. The summed E-state index contributed by atoms with van der Waals surface area (Å²) < 4.78 is 37.9. The molecule has 0 unspecified atom stereocenters. The maximum absolute atomic E-state index is 12.6. The molecular formula is C13H11ClF3N3. The molecule has 106 valence electrons. The van der Waals surface area contributed by atoms with Crippen LogP contribution >= 0.6 is 11.6 Å². The first-order valence-electron chi connectivity index (χ1n) is 5.67. The standard InChI is InChI=1S/C13H11ClF3N3/c1-20(2)9-5-3-8(4-6-9)10-7-11(14)19-12(18-10)13(15,16)17/h3-7H,1-2H3. The first-order chi connectivity index (χ1) is 9.27. The molecule has 0 N–H and O–H groups in total. The third-order valence-electron chi connectivity index (χ3n) is 2.63. The summed E-state index contributed by atoms with van der Waals surface area (Å²) in [5, 5.41) is -0.237. The molecule has 0 aliphatic rings. The van der Waals surface area contributed by atoms with Crippen LogP contribution in [0.3, 0.4) is 0 Å². The molecule has 0 bridgehead atoms. The van der Waals surface area contributed by atoms with E-state index < -0.39 is 12.0 Å². The molecular weight excluding hydrogens is 291 g/mol. The van der Waals surface area contributed by atoms with Crippen LogP contribution in [0, 0.1) is 0 Å². The van der Waals surface area contributed by atoms with E-state index in [2.05, 4.69) is 9.97 Å². The van der Waals surface area contributed by atoms with Gasteiger partial charge in [0.15, 0.2) is 0 Å². The van der Waals surface area contributed by atoms with Crippen LogP contribution < -0.4 is 4.90 Å². The third-order valence-corrected chi connectivity index (χ3v) is 2.82. The summed E-state index contributed by atoms with van der Waals surface area (Å²) in [5.41, 5.74) is 1.62. The molecule has 1 aromatic heterocycles. The number of hydrogen-bond donors (Lipinski definition) is 0. The normalized spacial score (nSPS) is 11.5. The molecule has 3 nitrogen and oxygen atoms in total. The first kappa shape index (κ1) is 14.6. The molecule has 7 heteroatoms. The van der Waals surface area contributed by atoms with Gasteiger partial charge in [0.2, 0.25) is 5.82 Å². The third kappa shape index (κ3) is 3.19. The molecule has 0 aliphatic heterocycles. The highest BCUT2D eigenvalue weighted by atomic mass is 35.5. The summed E-state index contributed by atoms with van der Waals surface area (Å²) in [6.45, 7) is 0. The average Bonchev–Trinajstić information content (AvgIpc) is 2.37. The van der Waals surface area contributed by atoms with E-state index in [0.717, 1.165) is 5.69 Å². The van der Waals surface area contributed by atoms with Crippen LogP contribution in [-0.2, 0) is 6.18 Å². The summed E-state index contributed by atoms with van der Waals surface area (Å²) in [6, 6.07) is 8.26. The van der Waals surface area contributed by atoms with Gasteiger partial charge in [-0.25, -0.2) is 9.97 Å². The van der Waals surface area contributed by atoms with Gasteiger partial charge in [0.05, 0.1) is 5.69 Å². The van der Waals surface area contributed by atoms with Crippen molar-refractivity contribution >= 4 is 17.3 Å². The predicted octanol–water partition coefficient (Wildman–Crippen LogP) is 3.88. The number of nitrogens with zero attached hydrogens (tertiary/aromatic N) is 3. The van der Waals surface area contributed by atoms with Gasteiger partial charge in [-0.1, -0.05) is 23.7 Å². The molecule has 20 heavy (non-hydrogen) atoms. The molecule has 0 spiro atoms. The zero-order valence-corrected chi connectivity index (χ0v) is 11.5. The SMILES string of the molecule is CN(C)c1ccc(-c2cc(Cl)nc(C(F)(F)F)n2)cc1. The van der Waals surface area contributed by atoms with E-state index in [-0.39, 0.29) is 10.8 Å². The second-order valence-corrected chi connectivity index (χ2v) is 4.73. The lowest BCUT2D eigenvalue weighted by Gasteiger charge is -2.13. The van der Waals surface area contributed by atoms with Gasteiger partial charge in [-0.3, -0.25) is 0 Å². The highest BCUT2D eigenvalue weighted by Gasteiger charge is 2.35. The maximum Gasteiger partial charge on any atom is 0.451 e. The van der Waals surface area contributed by atoms with Gasteiger partial charge in [-0.05, 0) is 12.1 Å². The Balaban J connectivity index is 2.44. The Morgan fingerprint density at radius 3 is 2.15 bits per heavy atom. The zero-order chi connectivity index (χ0) is 14.9. The number of alkyl halides is 3. The Bertz CT molecular complexity index is 609. The quantitative estimate of drug-likeness (QED) is 0.788.